The van der Waals surface area contributed by atoms with Crippen LogP contribution in [-0.2, 0) is 24.9 Å². The number of hydrogen-bond donors (Lipinski definition) is 0. The van der Waals surface area contributed by atoms with Gasteiger partial charge in [0.25, 0.3) is 0 Å². The summed E-state index contributed by atoms with van der Waals surface area (Å²) in [5.41, 5.74) is 3.53. The lowest BCUT2D eigenvalue weighted by atomic mass is 9.86. The monoisotopic (exact) mass is 513 g/mol. The molecule has 7 heteroatoms. The zero-order valence-electron chi connectivity index (χ0n) is 21.9. The molecule has 37 heavy (non-hydrogen) atoms. The molecule has 0 aliphatic carbocycles. The van der Waals surface area contributed by atoms with Crippen molar-refractivity contribution in [2.75, 3.05) is 26.2 Å². The molecule has 0 saturated carbocycles. The van der Waals surface area contributed by atoms with Crippen molar-refractivity contribution >= 4 is 11.5 Å². The molecule has 1 saturated heterocycles. The summed E-state index contributed by atoms with van der Waals surface area (Å²) >= 11 is 1.48. The van der Waals surface area contributed by atoms with Gasteiger partial charge in [-0.05, 0) is 34.6 Å². The van der Waals surface area contributed by atoms with Gasteiger partial charge in [-0.2, -0.15) is 4.37 Å². The van der Waals surface area contributed by atoms with Gasteiger partial charge in [0, 0.05) is 56.5 Å². The second kappa shape index (κ2) is 11.5. The van der Waals surface area contributed by atoms with E-state index in [9.17, 15) is 0 Å². The van der Waals surface area contributed by atoms with Crippen LogP contribution in [0, 0.1) is 0 Å². The lowest BCUT2D eigenvalue weighted by Gasteiger charge is -2.34. The fourth-order valence-corrected chi connectivity index (χ4v) is 5.34. The molecule has 2 aromatic heterocycles. The van der Waals surface area contributed by atoms with Crippen molar-refractivity contribution in [2.24, 2.45) is 0 Å². The predicted octanol–water partition coefficient (Wildman–Crippen LogP) is 5.93. The van der Waals surface area contributed by atoms with Gasteiger partial charge in [-0.3, -0.25) is 9.80 Å². The Kier molecular flexibility index (Phi) is 7.93. The topological polar surface area (TPSA) is 54.4 Å². The fraction of sp³-hybridized carbons (Fsp3) is 0.367. The summed E-state index contributed by atoms with van der Waals surface area (Å²) in [6.07, 6.45) is 2.44. The van der Waals surface area contributed by atoms with Gasteiger partial charge in [0.2, 0.25) is 5.88 Å². The van der Waals surface area contributed by atoms with E-state index >= 15 is 0 Å². The number of aromatic nitrogens is 3. The second-order valence-electron chi connectivity index (χ2n) is 10.6. The van der Waals surface area contributed by atoms with Gasteiger partial charge in [-0.1, -0.05) is 75.4 Å². The van der Waals surface area contributed by atoms with Crippen LogP contribution in [0.1, 0.15) is 48.3 Å². The van der Waals surface area contributed by atoms with E-state index in [2.05, 4.69) is 88.5 Å². The van der Waals surface area contributed by atoms with Crippen LogP contribution < -0.4 is 4.74 Å². The van der Waals surface area contributed by atoms with Crippen LogP contribution in [0.25, 0.3) is 0 Å². The molecule has 4 aromatic rings. The van der Waals surface area contributed by atoms with Crippen LogP contribution in [0.5, 0.6) is 11.6 Å². The highest BCUT2D eigenvalue weighted by Crippen LogP contribution is 2.34. The minimum absolute atomic E-state index is 0.0211. The molecule has 192 valence electrons. The first-order valence-corrected chi connectivity index (χ1v) is 13.7. The first-order valence-electron chi connectivity index (χ1n) is 13.0. The van der Waals surface area contributed by atoms with Crippen LogP contribution in [-0.4, -0.2) is 50.3 Å². The third-order valence-corrected chi connectivity index (χ3v) is 7.43. The van der Waals surface area contributed by atoms with Gasteiger partial charge in [0.15, 0.2) is 5.82 Å². The Hall–Kier alpha value is -3.13. The Morgan fingerprint density at radius 2 is 1.54 bits per heavy atom. The van der Waals surface area contributed by atoms with Gasteiger partial charge in [-0.15, -0.1) is 0 Å². The summed E-state index contributed by atoms with van der Waals surface area (Å²) in [6, 6.07) is 22.9. The molecule has 0 atom stereocenters. The van der Waals surface area contributed by atoms with Crippen molar-refractivity contribution in [3.8, 4) is 11.6 Å². The van der Waals surface area contributed by atoms with E-state index in [0.717, 1.165) is 67.0 Å². The highest BCUT2D eigenvalue weighted by Gasteiger charge is 2.21. The molecule has 1 aliphatic heterocycles. The molecule has 6 nitrogen and oxygen atoms in total. The molecule has 1 aliphatic rings. The number of pyridine rings is 1. The van der Waals surface area contributed by atoms with Crippen molar-refractivity contribution < 1.29 is 4.74 Å². The average Bonchev–Trinajstić information content (AvgIpc) is 3.33. The number of rotatable bonds is 8. The minimum Gasteiger partial charge on any atom is -0.438 e. The van der Waals surface area contributed by atoms with E-state index in [1.807, 2.05) is 18.2 Å². The Morgan fingerprint density at radius 3 is 2.30 bits per heavy atom. The largest absolute Gasteiger partial charge is 0.438 e. The van der Waals surface area contributed by atoms with Gasteiger partial charge >= 0.3 is 0 Å². The van der Waals surface area contributed by atoms with Crippen molar-refractivity contribution in [3.05, 3.63) is 100 Å². The average molecular weight is 514 g/mol. The molecule has 0 N–H and O–H groups in total. The molecule has 3 heterocycles. The maximum absolute atomic E-state index is 6.35. The molecule has 0 spiro atoms. The Labute approximate surface area is 224 Å². The molecular formula is C30H35N5OS. The molecule has 1 fully saturated rings. The first kappa shape index (κ1) is 25.5. The Balaban J connectivity index is 1.19. The highest BCUT2D eigenvalue weighted by molar-refractivity contribution is 7.05. The second-order valence-corrected chi connectivity index (χ2v) is 11.5. The van der Waals surface area contributed by atoms with E-state index in [4.69, 9.17) is 9.72 Å². The van der Waals surface area contributed by atoms with E-state index in [-0.39, 0.29) is 5.41 Å². The Morgan fingerprint density at radius 1 is 0.838 bits per heavy atom. The van der Waals surface area contributed by atoms with Gasteiger partial charge < -0.3 is 4.74 Å². The smallest absolute Gasteiger partial charge is 0.222 e. The predicted molar refractivity (Wildman–Crippen MR) is 149 cm³/mol. The van der Waals surface area contributed by atoms with Crippen molar-refractivity contribution in [3.63, 3.8) is 0 Å². The van der Waals surface area contributed by atoms with Gasteiger partial charge in [0.05, 0.1) is 6.54 Å². The maximum Gasteiger partial charge on any atom is 0.222 e. The highest BCUT2D eigenvalue weighted by atomic mass is 32.1. The zero-order chi connectivity index (χ0) is 25.7. The van der Waals surface area contributed by atoms with Crippen LogP contribution in [0.15, 0.2) is 72.9 Å². The van der Waals surface area contributed by atoms with Gasteiger partial charge in [-0.25, -0.2) is 9.97 Å². The van der Waals surface area contributed by atoms with Crippen molar-refractivity contribution in [1.82, 2.24) is 24.1 Å². The van der Waals surface area contributed by atoms with Crippen molar-refractivity contribution in [2.45, 2.75) is 45.7 Å². The molecule has 2 aromatic carbocycles. The normalized spacial score (nSPS) is 15.1. The zero-order valence-corrected chi connectivity index (χ0v) is 22.7. The summed E-state index contributed by atoms with van der Waals surface area (Å²) in [6.45, 7) is 12.6. The summed E-state index contributed by atoms with van der Waals surface area (Å²) in [7, 11) is 0. The van der Waals surface area contributed by atoms with Crippen LogP contribution in [0.2, 0.25) is 0 Å². The van der Waals surface area contributed by atoms with Crippen LogP contribution >= 0.6 is 11.5 Å². The molecule has 0 radical (unpaired) electrons. The number of benzene rings is 2. The van der Waals surface area contributed by atoms with Gasteiger partial charge in [0.1, 0.15) is 10.8 Å². The SMILES string of the molecule is CC(C)(C)c1ccccc1Oc1ncccc1Cc1nc(CN2CCN(Cc3ccccc3)CC2)ns1. The number of piperazine rings is 1. The maximum atomic E-state index is 6.35. The molecule has 0 bridgehead atoms. The third kappa shape index (κ3) is 6.80. The third-order valence-electron chi connectivity index (χ3n) is 6.68. The van der Waals surface area contributed by atoms with Crippen molar-refractivity contribution in [1.29, 1.82) is 0 Å². The summed E-state index contributed by atoms with van der Waals surface area (Å²) in [5.74, 6) is 2.38. The molecule has 0 unspecified atom stereocenters. The molecule has 0 amide bonds. The van der Waals surface area contributed by atoms with E-state index in [0.29, 0.717) is 12.3 Å². The summed E-state index contributed by atoms with van der Waals surface area (Å²) < 4.78 is 11.0. The Bertz CT molecular complexity index is 1290. The fourth-order valence-electron chi connectivity index (χ4n) is 4.67. The number of ether oxygens (including phenoxy) is 1. The lowest BCUT2D eigenvalue weighted by molar-refractivity contribution is 0.120. The molecular weight excluding hydrogens is 478 g/mol. The standard InChI is InChI=1S/C30H35N5OS/c1-30(2,3)25-13-7-8-14-26(25)36-29-24(12-9-15-31-29)20-28-32-27(33-37-28)22-35-18-16-34(17-19-35)21-23-10-5-4-6-11-23/h4-15H,16-22H2,1-3H3. The summed E-state index contributed by atoms with van der Waals surface area (Å²) in [4.78, 5) is 14.4. The van der Waals surface area contributed by atoms with E-state index < -0.39 is 0 Å². The number of hydrogen-bond acceptors (Lipinski definition) is 7. The van der Waals surface area contributed by atoms with Crippen LogP contribution in [0.4, 0.5) is 0 Å². The first-order chi connectivity index (χ1) is 17.9. The summed E-state index contributed by atoms with van der Waals surface area (Å²) in [5, 5.41) is 0.986. The van der Waals surface area contributed by atoms with E-state index in [1.165, 1.54) is 17.1 Å². The number of nitrogens with zero attached hydrogens (tertiary/aromatic N) is 5. The van der Waals surface area contributed by atoms with E-state index in [1.54, 1.807) is 6.20 Å². The quantitative estimate of drug-likeness (QED) is 0.291. The molecule has 5 rings (SSSR count). The lowest BCUT2D eigenvalue weighted by Crippen LogP contribution is -2.45. The number of para-hydroxylation sites is 1. The minimum atomic E-state index is -0.0211. The van der Waals surface area contributed by atoms with Crippen LogP contribution in [0.3, 0.4) is 0 Å².